The van der Waals surface area contributed by atoms with Gasteiger partial charge in [0.25, 0.3) is 0 Å². The molecule has 0 N–H and O–H groups in total. The van der Waals surface area contributed by atoms with Crippen LogP contribution in [0.5, 0.6) is 0 Å². The fourth-order valence-electron chi connectivity index (χ4n) is 2.86. The smallest absolute Gasteiger partial charge is 0.206 e. The Hall–Kier alpha value is -1.69. The van der Waals surface area contributed by atoms with Gasteiger partial charge in [-0.2, -0.15) is 0 Å². The van der Waals surface area contributed by atoms with E-state index < -0.39 is 9.84 Å². The summed E-state index contributed by atoms with van der Waals surface area (Å²) >= 11 is 6.87. The van der Waals surface area contributed by atoms with E-state index in [2.05, 4.69) is 31.9 Å². The zero-order valence-corrected chi connectivity index (χ0v) is 16.9. The average molecular weight is 476 g/mol. The monoisotopic (exact) mass is 474 g/mol. The molecule has 0 aliphatic rings. The SMILES string of the molecule is O=S(=O)(c1ccc2cc(Br)ccc2c1)c1ccc2cc(Br)ccc2c1. The van der Waals surface area contributed by atoms with Crippen molar-refractivity contribution in [3.63, 3.8) is 0 Å². The molecule has 0 atom stereocenters. The van der Waals surface area contributed by atoms with Gasteiger partial charge in [0.15, 0.2) is 0 Å². The first kappa shape index (κ1) is 16.8. The molecule has 0 bridgehead atoms. The Morgan fingerprint density at radius 2 is 0.880 bits per heavy atom. The van der Waals surface area contributed by atoms with Crippen LogP contribution >= 0.6 is 31.9 Å². The topological polar surface area (TPSA) is 34.1 Å². The van der Waals surface area contributed by atoms with Crippen molar-refractivity contribution in [3.8, 4) is 0 Å². The zero-order valence-electron chi connectivity index (χ0n) is 12.9. The molecule has 4 rings (SSSR count). The third-order valence-corrected chi connectivity index (χ3v) is 6.90. The molecule has 25 heavy (non-hydrogen) atoms. The van der Waals surface area contributed by atoms with Gasteiger partial charge in [0, 0.05) is 8.95 Å². The minimum absolute atomic E-state index is 0.304. The lowest BCUT2D eigenvalue weighted by Gasteiger charge is -2.08. The molecule has 0 aromatic heterocycles. The van der Waals surface area contributed by atoms with Crippen molar-refractivity contribution in [3.05, 3.63) is 81.7 Å². The quantitative estimate of drug-likeness (QED) is 0.338. The van der Waals surface area contributed by atoms with Crippen molar-refractivity contribution in [2.75, 3.05) is 0 Å². The molecular formula is C20H12Br2O2S. The van der Waals surface area contributed by atoms with Crippen LogP contribution in [0.25, 0.3) is 21.5 Å². The van der Waals surface area contributed by atoms with Gasteiger partial charge in [-0.25, -0.2) is 8.42 Å². The molecule has 0 heterocycles. The normalized spacial score (nSPS) is 11.9. The van der Waals surface area contributed by atoms with Gasteiger partial charge in [0.1, 0.15) is 0 Å². The molecule has 0 saturated carbocycles. The molecule has 5 heteroatoms. The molecule has 0 aliphatic carbocycles. The second-order valence-electron chi connectivity index (χ2n) is 5.81. The summed E-state index contributed by atoms with van der Waals surface area (Å²) in [7, 11) is -3.57. The molecular weight excluding hydrogens is 464 g/mol. The predicted octanol–water partition coefficient (Wildman–Crippen LogP) is 6.35. The molecule has 2 nitrogen and oxygen atoms in total. The number of hydrogen-bond donors (Lipinski definition) is 0. The summed E-state index contributed by atoms with van der Waals surface area (Å²) in [5.74, 6) is 0. The fraction of sp³-hybridized carbons (Fsp3) is 0. The van der Waals surface area contributed by atoms with E-state index in [1.165, 1.54) is 0 Å². The zero-order chi connectivity index (χ0) is 17.6. The van der Waals surface area contributed by atoms with E-state index in [4.69, 9.17) is 0 Å². The van der Waals surface area contributed by atoms with Gasteiger partial charge in [-0.05, 0) is 70.1 Å². The highest BCUT2D eigenvalue weighted by atomic mass is 79.9. The number of rotatable bonds is 2. The second-order valence-corrected chi connectivity index (χ2v) is 9.59. The first-order valence-electron chi connectivity index (χ1n) is 7.57. The van der Waals surface area contributed by atoms with Gasteiger partial charge in [0.2, 0.25) is 9.84 Å². The molecule has 0 spiro atoms. The number of benzene rings is 4. The van der Waals surface area contributed by atoms with Crippen molar-refractivity contribution in [1.29, 1.82) is 0 Å². The molecule has 4 aromatic carbocycles. The molecule has 4 aromatic rings. The third-order valence-electron chi connectivity index (χ3n) is 4.17. The maximum atomic E-state index is 13.0. The Bertz CT molecular complexity index is 1140. The van der Waals surface area contributed by atoms with Crippen LogP contribution in [0.1, 0.15) is 0 Å². The maximum Gasteiger partial charge on any atom is 0.206 e. The highest BCUT2D eigenvalue weighted by Crippen LogP contribution is 2.29. The van der Waals surface area contributed by atoms with Gasteiger partial charge in [-0.1, -0.05) is 56.1 Å². The molecule has 124 valence electrons. The van der Waals surface area contributed by atoms with E-state index in [0.29, 0.717) is 9.79 Å². The minimum atomic E-state index is -3.57. The van der Waals surface area contributed by atoms with Gasteiger partial charge in [-0.15, -0.1) is 0 Å². The van der Waals surface area contributed by atoms with Crippen LogP contribution in [0.3, 0.4) is 0 Å². The van der Waals surface area contributed by atoms with Crippen molar-refractivity contribution in [1.82, 2.24) is 0 Å². The molecule has 0 unspecified atom stereocenters. The average Bonchev–Trinajstić information content (AvgIpc) is 2.60. The fourth-order valence-corrected chi connectivity index (χ4v) is 4.95. The van der Waals surface area contributed by atoms with Crippen LogP contribution in [0.15, 0.2) is 91.5 Å². The standard InChI is InChI=1S/C20H12Br2O2S/c21-17-5-1-15-11-19(7-3-13(15)9-17)25(23,24)20-8-4-14-10-18(22)6-2-16(14)12-20/h1-12H. The van der Waals surface area contributed by atoms with E-state index in [1.807, 2.05) is 48.5 Å². The van der Waals surface area contributed by atoms with Gasteiger partial charge in [0.05, 0.1) is 9.79 Å². The van der Waals surface area contributed by atoms with Gasteiger partial charge >= 0.3 is 0 Å². The number of sulfone groups is 1. The summed E-state index contributed by atoms with van der Waals surface area (Å²) in [5.41, 5.74) is 0. The van der Waals surface area contributed by atoms with E-state index in [9.17, 15) is 8.42 Å². The van der Waals surface area contributed by atoms with Crippen LogP contribution < -0.4 is 0 Å². The lowest BCUT2D eigenvalue weighted by molar-refractivity contribution is 0.596. The van der Waals surface area contributed by atoms with Gasteiger partial charge < -0.3 is 0 Å². The second kappa shape index (κ2) is 6.24. The highest BCUT2D eigenvalue weighted by Gasteiger charge is 2.18. The Morgan fingerprint density at radius 1 is 0.520 bits per heavy atom. The van der Waals surface area contributed by atoms with Crippen molar-refractivity contribution >= 4 is 63.2 Å². The Balaban J connectivity index is 1.86. The molecule has 0 saturated heterocycles. The predicted molar refractivity (Wildman–Crippen MR) is 109 cm³/mol. The van der Waals surface area contributed by atoms with Crippen molar-refractivity contribution in [2.45, 2.75) is 9.79 Å². The third kappa shape index (κ3) is 3.12. The minimum Gasteiger partial charge on any atom is -0.219 e. The Labute approximate surface area is 162 Å². The lowest BCUT2D eigenvalue weighted by Crippen LogP contribution is -2.02. The summed E-state index contributed by atoms with van der Waals surface area (Å²) in [5, 5.41) is 3.79. The summed E-state index contributed by atoms with van der Waals surface area (Å²) < 4.78 is 28.0. The number of hydrogen-bond acceptors (Lipinski definition) is 2. The Kier molecular flexibility index (Phi) is 4.18. The van der Waals surface area contributed by atoms with E-state index >= 15 is 0 Å². The summed E-state index contributed by atoms with van der Waals surface area (Å²) in [6.45, 7) is 0. The summed E-state index contributed by atoms with van der Waals surface area (Å²) in [6, 6.07) is 22.0. The van der Waals surface area contributed by atoms with Crippen molar-refractivity contribution < 1.29 is 8.42 Å². The largest absolute Gasteiger partial charge is 0.219 e. The highest BCUT2D eigenvalue weighted by molar-refractivity contribution is 9.10. The molecule has 0 radical (unpaired) electrons. The van der Waals surface area contributed by atoms with Crippen molar-refractivity contribution in [2.24, 2.45) is 0 Å². The molecule has 0 fully saturated rings. The molecule has 0 amide bonds. The van der Waals surface area contributed by atoms with Crippen LogP contribution in [-0.2, 0) is 9.84 Å². The van der Waals surface area contributed by atoms with Crippen LogP contribution in [0.4, 0.5) is 0 Å². The first-order valence-corrected chi connectivity index (χ1v) is 10.6. The summed E-state index contributed by atoms with van der Waals surface area (Å²) in [6.07, 6.45) is 0. The van der Waals surface area contributed by atoms with E-state index in [1.54, 1.807) is 24.3 Å². The van der Waals surface area contributed by atoms with Crippen LogP contribution in [0, 0.1) is 0 Å². The van der Waals surface area contributed by atoms with Crippen LogP contribution in [0.2, 0.25) is 0 Å². The summed E-state index contributed by atoms with van der Waals surface area (Å²) in [4.78, 5) is 0.609. The number of halogens is 2. The lowest BCUT2D eigenvalue weighted by atomic mass is 10.1. The number of fused-ring (bicyclic) bond motifs is 2. The Morgan fingerprint density at radius 3 is 1.32 bits per heavy atom. The van der Waals surface area contributed by atoms with E-state index in [-0.39, 0.29) is 0 Å². The van der Waals surface area contributed by atoms with Crippen LogP contribution in [-0.4, -0.2) is 8.42 Å². The van der Waals surface area contributed by atoms with E-state index in [0.717, 1.165) is 30.5 Å². The van der Waals surface area contributed by atoms with Gasteiger partial charge in [-0.3, -0.25) is 0 Å². The maximum absolute atomic E-state index is 13.0. The first-order chi connectivity index (χ1) is 11.9. The molecule has 0 aliphatic heterocycles.